The lowest BCUT2D eigenvalue weighted by Crippen LogP contribution is -2.31. The Kier molecular flexibility index (Phi) is 13.8. The number of unbranched alkanes of at least 4 members (excludes halogenated alkanes) is 1. The molecule has 1 aromatic rings. The van der Waals surface area contributed by atoms with E-state index in [-0.39, 0.29) is 36.2 Å². The highest BCUT2D eigenvalue weighted by molar-refractivity contribution is 5.89. The first kappa shape index (κ1) is 33.4. The monoisotopic (exact) mass is 596 g/mol. The molecule has 7 nitrogen and oxygen atoms in total. The molecule has 1 aliphatic heterocycles. The van der Waals surface area contributed by atoms with Gasteiger partial charge in [-0.25, -0.2) is 4.79 Å². The second-order valence-electron chi connectivity index (χ2n) is 12.5. The van der Waals surface area contributed by atoms with Crippen molar-refractivity contribution in [3.63, 3.8) is 0 Å². The minimum Gasteiger partial charge on any atom is -0.469 e. The number of hydrogen-bond donors (Lipinski definition) is 1. The maximum Gasteiger partial charge on any atom is 0.338 e. The second-order valence-corrected chi connectivity index (χ2v) is 12.5. The largest absolute Gasteiger partial charge is 0.469 e. The van der Waals surface area contributed by atoms with E-state index in [4.69, 9.17) is 18.9 Å². The minimum absolute atomic E-state index is 0.0670. The molecule has 1 aromatic carbocycles. The van der Waals surface area contributed by atoms with Crippen LogP contribution in [0, 0.1) is 23.7 Å². The summed E-state index contributed by atoms with van der Waals surface area (Å²) in [5.74, 6) is 0.372. The molecular formula is C36H52O7. The predicted octanol–water partition coefficient (Wildman–Crippen LogP) is 7.18. The van der Waals surface area contributed by atoms with E-state index < -0.39 is 12.2 Å². The second kappa shape index (κ2) is 17.7. The summed E-state index contributed by atoms with van der Waals surface area (Å²) >= 11 is 0. The molecule has 4 rings (SSSR count). The number of ether oxygens (including phenoxy) is 4. The SMILES string of the molecule is CCCC1CCC([C@@H](/C=C/[C@@H]2[C@@H](C/C=C\CCCC(=O)OC)[C@@H](O)C[C@H]2OC(=O)c2ccccc2)OC2CCCCO2)C1. The van der Waals surface area contributed by atoms with Crippen molar-refractivity contribution in [2.24, 2.45) is 23.7 Å². The highest BCUT2D eigenvalue weighted by atomic mass is 16.7. The maximum absolute atomic E-state index is 13.1. The van der Waals surface area contributed by atoms with Gasteiger partial charge in [0.2, 0.25) is 0 Å². The lowest BCUT2D eigenvalue weighted by atomic mass is 9.88. The first-order chi connectivity index (χ1) is 21.0. The van der Waals surface area contributed by atoms with E-state index in [1.165, 1.54) is 26.4 Å². The van der Waals surface area contributed by atoms with E-state index in [1.54, 1.807) is 12.1 Å². The average molecular weight is 597 g/mol. The Morgan fingerprint density at radius 1 is 1.09 bits per heavy atom. The number of hydrogen-bond acceptors (Lipinski definition) is 7. The number of rotatable bonds is 15. The smallest absolute Gasteiger partial charge is 0.338 e. The number of carbonyl (C=O) groups is 2. The van der Waals surface area contributed by atoms with Crippen LogP contribution < -0.4 is 0 Å². The van der Waals surface area contributed by atoms with Gasteiger partial charge in [-0.15, -0.1) is 0 Å². The van der Waals surface area contributed by atoms with E-state index in [2.05, 4.69) is 31.2 Å². The number of methoxy groups -OCH3 is 1. The van der Waals surface area contributed by atoms with Crippen LogP contribution in [0.2, 0.25) is 0 Å². The van der Waals surface area contributed by atoms with Gasteiger partial charge >= 0.3 is 11.9 Å². The predicted molar refractivity (Wildman–Crippen MR) is 166 cm³/mol. The summed E-state index contributed by atoms with van der Waals surface area (Å²) in [6.07, 6.45) is 19.3. The van der Waals surface area contributed by atoms with Crippen molar-refractivity contribution in [1.29, 1.82) is 0 Å². The molecule has 238 valence electrons. The Balaban J connectivity index is 1.49. The molecule has 8 atom stereocenters. The van der Waals surface area contributed by atoms with Gasteiger partial charge in [0.1, 0.15) is 6.10 Å². The fourth-order valence-electron chi connectivity index (χ4n) is 7.05. The van der Waals surface area contributed by atoms with E-state index in [0.29, 0.717) is 30.7 Å². The molecule has 1 heterocycles. The molecule has 1 N–H and O–H groups in total. The van der Waals surface area contributed by atoms with Crippen LogP contribution in [-0.2, 0) is 23.7 Å². The summed E-state index contributed by atoms with van der Waals surface area (Å²) in [6.45, 7) is 3.00. The van der Waals surface area contributed by atoms with Crippen molar-refractivity contribution in [3.8, 4) is 0 Å². The number of allylic oxidation sites excluding steroid dienone is 2. The van der Waals surface area contributed by atoms with Crippen LogP contribution in [-0.4, -0.2) is 55.4 Å². The van der Waals surface area contributed by atoms with Crippen LogP contribution in [0.5, 0.6) is 0 Å². The van der Waals surface area contributed by atoms with Gasteiger partial charge in [-0.2, -0.15) is 0 Å². The zero-order valence-electron chi connectivity index (χ0n) is 26.1. The van der Waals surface area contributed by atoms with E-state index in [1.807, 2.05) is 18.2 Å². The fraction of sp³-hybridized carbons (Fsp3) is 0.667. The van der Waals surface area contributed by atoms with Crippen molar-refractivity contribution in [3.05, 3.63) is 60.2 Å². The molecule has 3 unspecified atom stereocenters. The summed E-state index contributed by atoms with van der Waals surface area (Å²) in [5.41, 5.74) is 0.511. The van der Waals surface area contributed by atoms with Crippen molar-refractivity contribution >= 4 is 11.9 Å². The van der Waals surface area contributed by atoms with Gasteiger partial charge in [0.15, 0.2) is 6.29 Å². The molecule has 1 saturated heterocycles. The van der Waals surface area contributed by atoms with Crippen LogP contribution in [0.15, 0.2) is 54.6 Å². The van der Waals surface area contributed by atoms with Crippen molar-refractivity contribution in [1.82, 2.24) is 0 Å². The molecule has 7 heteroatoms. The summed E-state index contributed by atoms with van der Waals surface area (Å²) < 4.78 is 23.4. The number of benzene rings is 1. The molecular weight excluding hydrogens is 544 g/mol. The molecule has 2 aliphatic carbocycles. The van der Waals surface area contributed by atoms with Gasteiger partial charge in [-0.3, -0.25) is 4.79 Å². The first-order valence-electron chi connectivity index (χ1n) is 16.6. The Morgan fingerprint density at radius 2 is 1.93 bits per heavy atom. The van der Waals surface area contributed by atoms with E-state index in [9.17, 15) is 14.7 Å². The molecule has 0 aromatic heterocycles. The summed E-state index contributed by atoms with van der Waals surface area (Å²) in [4.78, 5) is 24.5. The molecule has 2 saturated carbocycles. The third-order valence-electron chi connectivity index (χ3n) is 9.43. The Bertz CT molecular complexity index is 1030. The summed E-state index contributed by atoms with van der Waals surface area (Å²) in [6, 6.07) is 9.04. The molecule has 0 spiro atoms. The number of esters is 2. The maximum atomic E-state index is 13.1. The normalized spacial score (nSPS) is 30.2. The van der Waals surface area contributed by atoms with Gasteiger partial charge in [0.05, 0.1) is 24.9 Å². The third-order valence-corrected chi connectivity index (χ3v) is 9.43. The van der Waals surface area contributed by atoms with Gasteiger partial charge in [0, 0.05) is 25.4 Å². The lowest BCUT2D eigenvalue weighted by Gasteiger charge is -2.30. The highest BCUT2D eigenvalue weighted by Crippen LogP contribution is 2.41. The number of aliphatic hydroxyl groups excluding tert-OH is 1. The zero-order chi connectivity index (χ0) is 30.4. The fourth-order valence-corrected chi connectivity index (χ4v) is 7.05. The summed E-state index contributed by atoms with van der Waals surface area (Å²) in [7, 11) is 1.41. The van der Waals surface area contributed by atoms with Crippen LogP contribution in [0.1, 0.15) is 101 Å². The van der Waals surface area contributed by atoms with Crippen LogP contribution in [0.25, 0.3) is 0 Å². The topological polar surface area (TPSA) is 91.3 Å². The zero-order valence-corrected chi connectivity index (χ0v) is 26.1. The Hall–Kier alpha value is -2.48. The lowest BCUT2D eigenvalue weighted by molar-refractivity contribution is -0.187. The highest BCUT2D eigenvalue weighted by Gasteiger charge is 2.43. The quantitative estimate of drug-likeness (QED) is 0.130. The molecule has 3 fully saturated rings. The van der Waals surface area contributed by atoms with Gasteiger partial charge in [-0.1, -0.05) is 68.7 Å². The van der Waals surface area contributed by atoms with Crippen molar-refractivity contribution in [2.75, 3.05) is 13.7 Å². The van der Waals surface area contributed by atoms with Crippen molar-refractivity contribution < 1.29 is 33.6 Å². The van der Waals surface area contributed by atoms with E-state index >= 15 is 0 Å². The summed E-state index contributed by atoms with van der Waals surface area (Å²) in [5, 5.41) is 11.2. The Labute approximate surface area is 258 Å². The van der Waals surface area contributed by atoms with Gasteiger partial charge in [0.25, 0.3) is 0 Å². The Morgan fingerprint density at radius 3 is 2.67 bits per heavy atom. The van der Waals surface area contributed by atoms with Gasteiger partial charge in [-0.05, 0) is 81.3 Å². The van der Waals surface area contributed by atoms with Crippen LogP contribution in [0.4, 0.5) is 0 Å². The molecule has 0 radical (unpaired) electrons. The minimum atomic E-state index is -0.593. The standard InChI is InChI=1S/C36H52O7/c1-3-13-26-19-20-28(24-26)32(42-35-18-11-12-23-41-35)22-21-30-29(16-9-4-5-10-17-34(38)40-2)31(37)25-33(30)43-36(39)27-14-7-6-8-15-27/h4,6-9,14-15,21-22,26,28-33,35,37H,3,5,10-13,16-20,23-25H2,1-2H3/b9-4-,22-21+/t26?,28?,29-,30-,31+,32-,33-,35?/m1/s1. The van der Waals surface area contributed by atoms with E-state index in [0.717, 1.165) is 57.5 Å². The van der Waals surface area contributed by atoms with Crippen LogP contribution >= 0.6 is 0 Å². The molecule has 3 aliphatic rings. The van der Waals surface area contributed by atoms with Crippen LogP contribution in [0.3, 0.4) is 0 Å². The molecule has 43 heavy (non-hydrogen) atoms. The third kappa shape index (κ3) is 10.3. The molecule has 0 bridgehead atoms. The average Bonchev–Trinajstić information content (AvgIpc) is 3.61. The van der Waals surface area contributed by atoms with Gasteiger partial charge < -0.3 is 24.1 Å². The number of carbonyl (C=O) groups excluding carboxylic acids is 2. The first-order valence-corrected chi connectivity index (χ1v) is 16.6. The van der Waals surface area contributed by atoms with Crippen molar-refractivity contribution in [2.45, 2.75) is 115 Å². The number of aliphatic hydroxyl groups is 1. The molecule has 0 amide bonds.